The number of amides is 2. The molecule has 1 aromatic carbocycles. The number of pyridine rings is 1. The second kappa shape index (κ2) is 9.13. The van der Waals surface area contributed by atoms with E-state index in [2.05, 4.69) is 10.3 Å². The van der Waals surface area contributed by atoms with Gasteiger partial charge in [0.25, 0.3) is 5.91 Å². The molecule has 0 bridgehead atoms. The fourth-order valence-corrected chi connectivity index (χ4v) is 4.03. The molecule has 2 heterocycles. The minimum absolute atomic E-state index is 0.113. The maximum atomic E-state index is 13.5. The number of hydrogen-bond donors (Lipinski definition) is 1. The van der Waals surface area contributed by atoms with Crippen LogP contribution in [0.2, 0.25) is 5.02 Å². The van der Waals surface area contributed by atoms with E-state index in [0.29, 0.717) is 16.3 Å². The average molecular weight is 424 g/mol. The summed E-state index contributed by atoms with van der Waals surface area (Å²) >= 11 is 6.21. The Hall–Kier alpha value is -3.12. The highest BCUT2D eigenvalue weighted by atomic mass is 35.5. The smallest absolute Gasteiger partial charge is 0.294 e. The highest BCUT2D eigenvalue weighted by Crippen LogP contribution is 2.32. The van der Waals surface area contributed by atoms with Crippen molar-refractivity contribution in [2.45, 2.75) is 37.8 Å². The van der Waals surface area contributed by atoms with Crippen molar-refractivity contribution in [2.75, 3.05) is 4.90 Å². The van der Waals surface area contributed by atoms with Crippen LogP contribution in [-0.2, 0) is 4.79 Å². The van der Waals surface area contributed by atoms with Crippen LogP contribution in [0.15, 0.2) is 71.6 Å². The fourth-order valence-electron chi connectivity index (χ4n) is 3.84. The van der Waals surface area contributed by atoms with Gasteiger partial charge in [0.2, 0.25) is 5.91 Å². The summed E-state index contributed by atoms with van der Waals surface area (Å²) in [6, 6.07) is 12.8. The van der Waals surface area contributed by atoms with Gasteiger partial charge < -0.3 is 9.73 Å². The molecule has 1 N–H and O–H groups in total. The number of furan rings is 1. The summed E-state index contributed by atoms with van der Waals surface area (Å²) < 4.78 is 5.36. The number of halogens is 1. The van der Waals surface area contributed by atoms with E-state index in [9.17, 15) is 9.59 Å². The molecule has 0 aliphatic heterocycles. The summed E-state index contributed by atoms with van der Waals surface area (Å²) in [5, 5.41) is 3.59. The summed E-state index contributed by atoms with van der Waals surface area (Å²) in [4.78, 5) is 32.4. The third-order valence-electron chi connectivity index (χ3n) is 5.27. The predicted molar refractivity (Wildman–Crippen MR) is 114 cm³/mol. The molecule has 30 heavy (non-hydrogen) atoms. The van der Waals surface area contributed by atoms with Crippen LogP contribution in [0.1, 0.15) is 47.8 Å². The molecule has 154 valence electrons. The molecule has 3 aromatic rings. The normalized spacial score (nSPS) is 15.0. The van der Waals surface area contributed by atoms with E-state index in [1.54, 1.807) is 60.9 Å². The molecular weight excluding hydrogens is 402 g/mol. The Bertz CT molecular complexity index is 1000. The maximum absolute atomic E-state index is 13.5. The van der Waals surface area contributed by atoms with Gasteiger partial charge in [-0.1, -0.05) is 30.5 Å². The zero-order valence-electron chi connectivity index (χ0n) is 16.3. The number of carbonyl (C=O) groups excluding carboxylic acids is 2. The molecule has 1 aliphatic rings. The first-order valence-electron chi connectivity index (χ1n) is 9.96. The largest absolute Gasteiger partial charge is 0.459 e. The molecule has 7 heteroatoms. The zero-order valence-corrected chi connectivity index (χ0v) is 17.1. The summed E-state index contributed by atoms with van der Waals surface area (Å²) in [5.74, 6) is -0.527. The van der Waals surface area contributed by atoms with Gasteiger partial charge >= 0.3 is 0 Å². The Morgan fingerprint density at radius 1 is 1.10 bits per heavy atom. The summed E-state index contributed by atoms with van der Waals surface area (Å²) in [7, 11) is 0. The summed E-state index contributed by atoms with van der Waals surface area (Å²) in [5.41, 5.74) is 1.16. The van der Waals surface area contributed by atoms with Crippen molar-refractivity contribution in [1.82, 2.24) is 10.3 Å². The first-order valence-corrected chi connectivity index (χ1v) is 10.3. The number of nitrogens with one attached hydrogen (secondary N) is 1. The minimum atomic E-state index is -0.898. The van der Waals surface area contributed by atoms with Gasteiger partial charge in [0.05, 0.1) is 6.26 Å². The molecule has 1 saturated carbocycles. The first kappa shape index (κ1) is 20.2. The molecule has 1 fully saturated rings. The third-order valence-corrected chi connectivity index (χ3v) is 5.50. The van der Waals surface area contributed by atoms with Crippen LogP contribution < -0.4 is 10.2 Å². The van der Waals surface area contributed by atoms with Crippen LogP contribution in [0.5, 0.6) is 0 Å². The van der Waals surface area contributed by atoms with Gasteiger partial charge in [-0.05, 0) is 60.9 Å². The molecule has 1 unspecified atom stereocenters. The fraction of sp³-hybridized carbons (Fsp3) is 0.261. The number of rotatable bonds is 6. The average Bonchev–Trinajstić information content (AvgIpc) is 3.46. The zero-order chi connectivity index (χ0) is 20.9. The van der Waals surface area contributed by atoms with Gasteiger partial charge in [-0.3, -0.25) is 19.5 Å². The Labute approximate surface area is 179 Å². The van der Waals surface area contributed by atoms with E-state index in [1.807, 2.05) is 0 Å². The molecule has 1 atom stereocenters. The number of carbonyl (C=O) groups is 2. The standard InChI is InChI=1S/C23H22ClN3O3/c24-17-5-3-8-19(15-17)27(23(29)20-9-4-14-30-20)21(16-10-12-25-13-11-16)22(28)26-18-6-1-2-7-18/h3-5,8-15,18,21H,1-2,6-7H2,(H,26,28). The van der Waals surface area contributed by atoms with Gasteiger partial charge in [0.1, 0.15) is 6.04 Å². The van der Waals surface area contributed by atoms with E-state index in [4.69, 9.17) is 16.0 Å². The topological polar surface area (TPSA) is 75.4 Å². The quantitative estimate of drug-likeness (QED) is 0.619. The lowest BCUT2D eigenvalue weighted by atomic mass is 10.0. The third kappa shape index (κ3) is 4.39. The summed E-state index contributed by atoms with van der Waals surface area (Å²) in [6.45, 7) is 0. The molecule has 6 nitrogen and oxygen atoms in total. The predicted octanol–water partition coefficient (Wildman–Crippen LogP) is 4.77. The molecule has 2 aromatic heterocycles. The first-order chi connectivity index (χ1) is 14.6. The maximum Gasteiger partial charge on any atom is 0.294 e. The van der Waals surface area contributed by atoms with Crippen LogP contribution in [0.3, 0.4) is 0 Å². The van der Waals surface area contributed by atoms with E-state index in [-0.39, 0.29) is 17.7 Å². The van der Waals surface area contributed by atoms with Crippen molar-refractivity contribution < 1.29 is 14.0 Å². The second-order valence-corrected chi connectivity index (χ2v) is 7.74. The van der Waals surface area contributed by atoms with Crippen LogP contribution >= 0.6 is 11.6 Å². The molecule has 0 saturated heterocycles. The van der Waals surface area contributed by atoms with Gasteiger partial charge in [0, 0.05) is 29.1 Å². The van der Waals surface area contributed by atoms with Crippen LogP contribution in [-0.4, -0.2) is 22.8 Å². The van der Waals surface area contributed by atoms with Crippen molar-refractivity contribution in [3.05, 3.63) is 83.5 Å². The van der Waals surface area contributed by atoms with Gasteiger partial charge in [-0.2, -0.15) is 0 Å². The van der Waals surface area contributed by atoms with Gasteiger partial charge in [0.15, 0.2) is 5.76 Å². The second-order valence-electron chi connectivity index (χ2n) is 7.31. The number of benzene rings is 1. The minimum Gasteiger partial charge on any atom is -0.459 e. The summed E-state index contributed by atoms with van der Waals surface area (Å²) in [6.07, 6.45) is 8.72. The van der Waals surface area contributed by atoms with E-state index < -0.39 is 11.9 Å². The molecular formula is C23H22ClN3O3. The van der Waals surface area contributed by atoms with Crippen molar-refractivity contribution in [3.63, 3.8) is 0 Å². The number of nitrogens with zero attached hydrogens (tertiary/aromatic N) is 2. The van der Waals surface area contributed by atoms with Crippen molar-refractivity contribution >= 4 is 29.1 Å². The molecule has 4 rings (SSSR count). The molecule has 2 amide bonds. The molecule has 0 spiro atoms. The molecule has 0 radical (unpaired) electrons. The Balaban J connectivity index is 1.79. The lowest BCUT2D eigenvalue weighted by Gasteiger charge is -2.31. The van der Waals surface area contributed by atoms with E-state index in [1.165, 1.54) is 11.2 Å². The number of aromatic nitrogens is 1. The van der Waals surface area contributed by atoms with Crippen molar-refractivity contribution in [2.24, 2.45) is 0 Å². The molecule has 1 aliphatic carbocycles. The van der Waals surface area contributed by atoms with Crippen molar-refractivity contribution in [1.29, 1.82) is 0 Å². The Morgan fingerprint density at radius 3 is 2.53 bits per heavy atom. The highest BCUT2D eigenvalue weighted by molar-refractivity contribution is 6.31. The van der Waals surface area contributed by atoms with Gasteiger partial charge in [-0.15, -0.1) is 0 Å². The lowest BCUT2D eigenvalue weighted by molar-refractivity contribution is -0.123. The number of anilines is 1. The van der Waals surface area contributed by atoms with Crippen LogP contribution in [0, 0.1) is 0 Å². The lowest BCUT2D eigenvalue weighted by Crippen LogP contribution is -2.46. The SMILES string of the molecule is O=C(NC1CCCC1)C(c1ccncc1)N(C(=O)c1ccco1)c1cccc(Cl)c1. The Kier molecular flexibility index (Phi) is 6.14. The van der Waals surface area contributed by atoms with Crippen LogP contribution in [0.25, 0.3) is 0 Å². The van der Waals surface area contributed by atoms with Crippen molar-refractivity contribution in [3.8, 4) is 0 Å². The monoisotopic (exact) mass is 423 g/mol. The van der Waals surface area contributed by atoms with Gasteiger partial charge in [-0.25, -0.2) is 0 Å². The van der Waals surface area contributed by atoms with E-state index in [0.717, 1.165) is 25.7 Å². The number of hydrogen-bond acceptors (Lipinski definition) is 4. The van der Waals surface area contributed by atoms with E-state index >= 15 is 0 Å². The highest BCUT2D eigenvalue weighted by Gasteiger charge is 2.35. The Morgan fingerprint density at radius 2 is 1.87 bits per heavy atom. The van der Waals surface area contributed by atoms with Crippen LogP contribution in [0.4, 0.5) is 5.69 Å².